The van der Waals surface area contributed by atoms with Gasteiger partial charge in [0.1, 0.15) is 17.4 Å². The fourth-order valence-electron chi connectivity index (χ4n) is 4.10. The van der Waals surface area contributed by atoms with Gasteiger partial charge in [0, 0.05) is 17.0 Å². The molecule has 1 aliphatic rings. The highest BCUT2D eigenvalue weighted by molar-refractivity contribution is 5.46. The van der Waals surface area contributed by atoms with E-state index in [4.69, 9.17) is 14.2 Å². The van der Waals surface area contributed by atoms with E-state index in [9.17, 15) is 8.78 Å². The first-order valence-electron chi connectivity index (χ1n) is 13.1. The van der Waals surface area contributed by atoms with Crippen molar-refractivity contribution in [1.82, 2.24) is 0 Å². The number of rotatable bonds is 12. The van der Waals surface area contributed by atoms with Crippen molar-refractivity contribution in [2.24, 2.45) is 5.92 Å². The molecular formula is C30H38F2O3. The third-order valence-electron chi connectivity index (χ3n) is 6.22. The fraction of sp³-hybridized carbons (Fsp3) is 0.533. The van der Waals surface area contributed by atoms with Crippen LogP contribution >= 0.6 is 0 Å². The standard InChI is InChI=1S/C30H38F2O3/c1-3-5-7-8-10-18-33-26-15-12-23(13-16-26)14-17-27-28(31)19-25(20-29(27)32)30-34-21-24(22-35-30)11-9-6-4-2/h12-13,15-16,19-20,24,30H,3-11,18,21-22H2,1-2H3. The molecule has 2 aromatic rings. The van der Waals surface area contributed by atoms with Crippen LogP contribution in [0.3, 0.4) is 0 Å². The van der Waals surface area contributed by atoms with Crippen LogP contribution in [0.15, 0.2) is 36.4 Å². The summed E-state index contributed by atoms with van der Waals surface area (Å²) < 4.78 is 46.6. The van der Waals surface area contributed by atoms with Gasteiger partial charge in [0.15, 0.2) is 6.29 Å². The first-order chi connectivity index (χ1) is 17.1. The second-order valence-corrected chi connectivity index (χ2v) is 9.26. The summed E-state index contributed by atoms with van der Waals surface area (Å²) in [6.45, 7) is 6.13. The second-order valence-electron chi connectivity index (χ2n) is 9.26. The summed E-state index contributed by atoms with van der Waals surface area (Å²) in [6, 6.07) is 9.77. The zero-order valence-electron chi connectivity index (χ0n) is 21.1. The molecule has 35 heavy (non-hydrogen) atoms. The fourth-order valence-corrected chi connectivity index (χ4v) is 4.10. The van der Waals surface area contributed by atoms with E-state index >= 15 is 0 Å². The Morgan fingerprint density at radius 2 is 1.46 bits per heavy atom. The molecule has 1 saturated heterocycles. The predicted octanol–water partition coefficient (Wildman–Crippen LogP) is 7.96. The van der Waals surface area contributed by atoms with E-state index in [0.29, 0.717) is 36.9 Å². The number of hydrogen-bond acceptors (Lipinski definition) is 3. The molecule has 5 heteroatoms. The van der Waals surface area contributed by atoms with Crippen LogP contribution in [-0.4, -0.2) is 19.8 Å². The van der Waals surface area contributed by atoms with Crippen LogP contribution in [0.5, 0.6) is 5.75 Å². The van der Waals surface area contributed by atoms with Crippen LogP contribution in [0.1, 0.15) is 94.6 Å². The van der Waals surface area contributed by atoms with E-state index in [0.717, 1.165) is 25.0 Å². The smallest absolute Gasteiger partial charge is 0.184 e. The third kappa shape index (κ3) is 8.94. The van der Waals surface area contributed by atoms with Gasteiger partial charge >= 0.3 is 0 Å². The molecule has 0 unspecified atom stereocenters. The molecule has 0 amide bonds. The summed E-state index contributed by atoms with van der Waals surface area (Å²) in [5.74, 6) is 5.15. The maximum absolute atomic E-state index is 14.7. The molecule has 3 nitrogen and oxygen atoms in total. The van der Waals surface area contributed by atoms with Crippen molar-refractivity contribution in [3.63, 3.8) is 0 Å². The highest BCUT2D eigenvalue weighted by Gasteiger charge is 2.25. The van der Waals surface area contributed by atoms with Gasteiger partial charge in [0.2, 0.25) is 0 Å². The first-order valence-corrected chi connectivity index (χ1v) is 13.1. The van der Waals surface area contributed by atoms with Crippen molar-refractivity contribution >= 4 is 0 Å². The maximum atomic E-state index is 14.7. The Morgan fingerprint density at radius 1 is 0.829 bits per heavy atom. The molecule has 0 aromatic heterocycles. The Hall–Kier alpha value is -2.42. The summed E-state index contributed by atoms with van der Waals surface area (Å²) in [5, 5.41) is 0. The molecule has 1 fully saturated rings. The first kappa shape index (κ1) is 27.2. The van der Waals surface area contributed by atoms with Crippen molar-refractivity contribution < 1.29 is 23.0 Å². The molecular weight excluding hydrogens is 446 g/mol. The van der Waals surface area contributed by atoms with Crippen LogP contribution in [0, 0.1) is 29.4 Å². The predicted molar refractivity (Wildman–Crippen MR) is 135 cm³/mol. The Bertz CT molecular complexity index is 931. The van der Waals surface area contributed by atoms with Crippen LogP contribution in [0.2, 0.25) is 0 Å². The average molecular weight is 485 g/mol. The van der Waals surface area contributed by atoms with Gasteiger partial charge in [0.25, 0.3) is 0 Å². The SMILES string of the molecule is CCCCCCCOc1ccc(C#Cc2c(F)cc(C3OCC(CCCCC)CO3)cc2F)cc1. The van der Waals surface area contributed by atoms with Crippen molar-refractivity contribution in [1.29, 1.82) is 0 Å². The van der Waals surface area contributed by atoms with E-state index in [1.807, 2.05) is 12.1 Å². The summed E-state index contributed by atoms with van der Waals surface area (Å²) in [5.41, 5.74) is 0.749. The van der Waals surface area contributed by atoms with E-state index in [2.05, 4.69) is 25.7 Å². The van der Waals surface area contributed by atoms with Gasteiger partial charge in [-0.2, -0.15) is 0 Å². The molecule has 2 aromatic carbocycles. The lowest BCUT2D eigenvalue weighted by Gasteiger charge is -2.29. The topological polar surface area (TPSA) is 27.7 Å². The number of ether oxygens (including phenoxy) is 3. The molecule has 0 aliphatic carbocycles. The zero-order valence-corrected chi connectivity index (χ0v) is 21.1. The van der Waals surface area contributed by atoms with E-state index in [1.165, 1.54) is 50.7 Å². The van der Waals surface area contributed by atoms with Crippen molar-refractivity contribution in [2.45, 2.75) is 77.9 Å². The molecule has 1 heterocycles. The lowest BCUT2D eigenvalue weighted by molar-refractivity contribution is -0.206. The van der Waals surface area contributed by atoms with E-state index in [-0.39, 0.29) is 5.56 Å². The number of unbranched alkanes of at least 4 members (excludes halogenated alkanes) is 6. The highest BCUT2D eigenvalue weighted by Crippen LogP contribution is 2.29. The number of hydrogen-bond donors (Lipinski definition) is 0. The quantitative estimate of drug-likeness (QED) is 0.226. The van der Waals surface area contributed by atoms with Crippen molar-refractivity contribution in [2.75, 3.05) is 19.8 Å². The normalized spacial score (nSPS) is 17.6. The van der Waals surface area contributed by atoms with Gasteiger partial charge in [-0.15, -0.1) is 0 Å². The molecule has 0 N–H and O–H groups in total. The highest BCUT2D eigenvalue weighted by atomic mass is 19.1. The van der Waals surface area contributed by atoms with Gasteiger partial charge in [-0.3, -0.25) is 0 Å². The number of benzene rings is 2. The minimum absolute atomic E-state index is 0.255. The Balaban J connectivity index is 1.53. The average Bonchev–Trinajstić information content (AvgIpc) is 2.87. The zero-order chi connectivity index (χ0) is 24.9. The van der Waals surface area contributed by atoms with Crippen molar-refractivity contribution in [3.05, 3.63) is 64.7 Å². The minimum atomic E-state index is -0.748. The number of halogens is 2. The molecule has 0 bridgehead atoms. The summed E-state index contributed by atoms with van der Waals surface area (Å²) in [4.78, 5) is 0. The minimum Gasteiger partial charge on any atom is -0.494 e. The molecule has 190 valence electrons. The molecule has 1 aliphatic heterocycles. The Labute approximate surface area is 209 Å². The monoisotopic (exact) mass is 484 g/mol. The summed E-state index contributed by atoms with van der Waals surface area (Å²) in [6.07, 6.45) is 9.74. The van der Waals surface area contributed by atoms with Gasteiger partial charge < -0.3 is 14.2 Å². The Kier molecular flexibility index (Phi) is 11.5. The lowest BCUT2D eigenvalue weighted by Crippen LogP contribution is -2.27. The van der Waals surface area contributed by atoms with Gasteiger partial charge in [-0.1, -0.05) is 70.6 Å². The van der Waals surface area contributed by atoms with Crippen LogP contribution < -0.4 is 4.74 Å². The maximum Gasteiger partial charge on any atom is 0.184 e. The molecule has 0 atom stereocenters. The van der Waals surface area contributed by atoms with Crippen molar-refractivity contribution in [3.8, 4) is 17.6 Å². The van der Waals surface area contributed by atoms with Gasteiger partial charge in [0.05, 0.1) is 25.4 Å². The largest absolute Gasteiger partial charge is 0.494 e. The summed E-state index contributed by atoms with van der Waals surface area (Å²) in [7, 11) is 0. The van der Waals surface area contributed by atoms with E-state index < -0.39 is 17.9 Å². The van der Waals surface area contributed by atoms with Gasteiger partial charge in [-0.25, -0.2) is 8.78 Å². The van der Waals surface area contributed by atoms with Crippen LogP contribution in [0.25, 0.3) is 0 Å². The molecule has 0 radical (unpaired) electrons. The van der Waals surface area contributed by atoms with Crippen LogP contribution in [0.4, 0.5) is 8.78 Å². The molecule has 3 rings (SSSR count). The second kappa shape index (κ2) is 14.9. The summed E-state index contributed by atoms with van der Waals surface area (Å²) >= 11 is 0. The van der Waals surface area contributed by atoms with Crippen LogP contribution in [-0.2, 0) is 9.47 Å². The lowest BCUT2D eigenvalue weighted by atomic mass is 10.0. The molecule has 0 saturated carbocycles. The molecule has 0 spiro atoms. The third-order valence-corrected chi connectivity index (χ3v) is 6.22. The van der Waals surface area contributed by atoms with E-state index in [1.54, 1.807) is 12.1 Å². The Morgan fingerprint density at radius 3 is 2.11 bits per heavy atom. The van der Waals surface area contributed by atoms with Gasteiger partial charge in [-0.05, 0) is 49.2 Å².